The monoisotopic (exact) mass is 372 g/mol. The highest BCUT2D eigenvalue weighted by molar-refractivity contribution is 6.08. The summed E-state index contributed by atoms with van der Waals surface area (Å²) >= 11 is 0. The number of anilines is 1. The maximum absolute atomic E-state index is 12.3. The molecule has 2 N–H and O–H groups in total. The number of carbonyl (C=O) groups excluding carboxylic acids is 1. The third-order valence-electron chi connectivity index (χ3n) is 5.01. The van der Waals surface area contributed by atoms with Crippen molar-refractivity contribution in [2.75, 3.05) is 18.4 Å². The lowest BCUT2D eigenvalue weighted by Crippen LogP contribution is -2.27. The summed E-state index contributed by atoms with van der Waals surface area (Å²) in [5, 5.41) is 8.72. The van der Waals surface area contributed by atoms with Crippen molar-refractivity contribution in [1.29, 1.82) is 0 Å². The van der Waals surface area contributed by atoms with E-state index in [2.05, 4.69) is 63.6 Å². The second-order valence-electron chi connectivity index (χ2n) is 6.98. The number of para-hydroxylation sites is 1. The van der Waals surface area contributed by atoms with Gasteiger partial charge in [0, 0.05) is 54.3 Å². The van der Waals surface area contributed by atoms with Gasteiger partial charge < -0.3 is 15.2 Å². The zero-order valence-electron chi connectivity index (χ0n) is 16.0. The number of carbonyl (C=O) groups is 1. The Morgan fingerprint density at radius 2 is 1.86 bits per heavy atom. The molecule has 142 valence electrons. The van der Waals surface area contributed by atoms with E-state index in [0.29, 0.717) is 13.0 Å². The molecule has 2 aromatic carbocycles. The third kappa shape index (κ3) is 3.83. The predicted molar refractivity (Wildman–Crippen MR) is 114 cm³/mol. The van der Waals surface area contributed by atoms with Crippen LogP contribution in [0.2, 0.25) is 0 Å². The van der Waals surface area contributed by atoms with Crippen LogP contribution in [0.4, 0.5) is 5.69 Å². The maximum atomic E-state index is 12.3. The van der Waals surface area contributed by atoms with Gasteiger partial charge in [-0.2, -0.15) is 0 Å². The molecule has 0 aliphatic heterocycles. The first-order valence-corrected chi connectivity index (χ1v) is 9.59. The molecule has 5 nitrogen and oxygen atoms in total. The quantitative estimate of drug-likeness (QED) is 0.484. The Morgan fingerprint density at radius 1 is 1.00 bits per heavy atom. The van der Waals surface area contributed by atoms with E-state index in [4.69, 9.17) is 0 Å². The van der Waals surface area contributed by atoms with E-state index in [-0.39, 0.29) is 5.91 Å². The molecule has 0 fully saturated rings. The van der Waals surface area contributed by atoms with E-state index in [1.54, 1.807) is 12.4 Å². The topological polar surface area (TPSA) is 59.0 Å². The molecule has 0 spiro atoms. The van der Waals surface area contributed by atoms with Crippen molar-refractivity contribution in [3.63, 3.8) is 0 Å². The molecule has 4 aromatic rings. The summed E-state index contributed by atoms with van der Waals surface area (Å²) in [7, 11) is 2.08. The van der Waals surface area contributed by atoms with Crippen LogP contribution in [-0.2, 0) is 18.3 Å². The van der Waals surface area contributed by atoms with Crippen molar-refractivity contribution in [1.82, 2.24) is 14.9 Å². The van der Waals surface area contributed by atoms with E-state index in [1.165, 1.54) is 21.8 Å². The van der Waals surface area contributed by atoms with E-state index in [1.807, 2.05) is 18.2 Å². The molecule has 4 rings (SSSR count). The van der Waals surface area contributed by atoms with E-state index >= 15 is 0 Å². The zero-order chi connectivity index (χ0) is 19.3. The van der Waals surface area contributed by atoms with Gasteiger partial charge in [-0.15, -0.1) is 0 Å². The van der Waals surface area contributed by atoms with Gasteiger partial charge in [0.05, 0.1) is 12.1 Å². The van der Waals surface area contributed by atoms with Crippen molar-refractivity contribution in [3.8, 4) is 0 Å². The lowest BCUT2D eigenvalue weighted by Gasteiger charge is -2.08. The second-order valence-corrected chi connectivity index (χ2v) is 6.98. The fourth-order valence-corrected chi connectivity index (χ4v) is 3.59. The van der Waals surface area contributed by atoms with Crippen LogP contribution in [0.1, 0.15) is 12.0 Å². The van der Waals surface area contributed by atoms with Gasteiger partial charge in [0.15, 0.2) is 0 Å². The van der Waals surface area contributed by atoms with Crippen molar-refractivity contribution >= 4 is 33.4 Å². The van der Waals surface area contributed by atoms with Crippen LogP contribution < -0.4 is 10.6 Å². The molecule has 0 saturated heterocycles. The number of benzene rings is 2. The van der Waals surface area contributed by atoms with Gasteiger partial charge in [-0.3, -0.25) is 9.78 Å². The summed E-state index contributed by atoms with van der Waals surface area (Å²) in [6, 6.07) is 18.5. The number of rotatable bonds is 7. The minimum atomic E-state index is 0.0564. The van der Waals surface area contributed by atoms with Crippen molar-refractivity contribution in [2.24, 2.45) is 7.05 Å². The predicted octanol–water partition coefficient (Wildman–Crippen LogP) is 3.89. The van der Waals surface area contributed by atoms with E-state index < -0.39 is 0 Å². The number of aryl methyl sites for hydroxylation is 1. The molecule has 0 aliphatic rings. The number of fused-ring (bicyclic) bond motifs is 3. The molecule has 0 aliphatic carbocycles. The Kier molecular flexibility index (Phi) is 5.24. The number of aromatic nitrogens is 2. The van der Waals surface area contributed by atoms with Crippen molar-refractivity contribution in [3.05, 3.63) is 72.6 Å². The van der Waals surface area contributed by atoms with Gasteiger partial charge in [-0.25, -0.2) is 0 Å². The van der Waals surface area contributed by atoms with Gasteiger partial charge in [-0.1, -0.05) is 24.3 Å². The SMILES string of the molecule is Cn1c2ccccc2c2cc(CC(=O)NCCCNc3cccnc3)ccc21. The highest BCUT2D eigenvalue weighted by atomic mass is 16.1. The van der Waals surface area contributed by atoms with E-state index in [0.717, 1.165) is 24.2 Å². The van der Waals surface area contributed by atoms with Crippen molar-refractivity contribution in [2.45, 2.75) is 12.8 Å². The molecule has 0 atom stereocenters. The number of hydrogen-bond donors (Lipinski definition) is 2. The third-order valence-corrected chi connectivity index (χ3v) is 5.01. The summed E-state index contributed by atoms with van der Waals surface area (Å²) in [5.41, 5.74) is 4.43. The molecule has 2 aromatic heterocycles. The smallest absolute Gasteiger partial charge is 0.224 e. The summed E-state index contributed by atoms with van der Waals surface area (Å²) in [4.78, 5) is 16.4. The Hall–Kier alpha value is -3.34. The first kappa shape index (κ1) is 18.0. The highest BCUT2D eigenvalue weighted by Gasteiger charge is 2.10. The fourth-order valence-electron chi connectivity index (χ4n) is 3.59. The molecule has 1 amide bonds. The molecule has 0 radical (unpaired) electrons. The molecular formula is C23H24N4O. The van der Waals surface area contributed by atoms with Crippen LogP contribution >= 0.6 is 0 Å². The average molecular weight is 372 g/mol. The number of nitrogens with one attached hydrogen (secondary N) is 2. The minimum absolute atomic E-state index is 0.0564. The van der Waals surface area contributed by atoms with Crippen LogP contribution in [-0.4, -0.2) is 28.5 Å². The standard InChI is InChI=1S/C23H24N4O/c1-27-21-8-3-2-7-19(21)20-14-17(9-10-22(20)27)15-23(28)26-13-5-12-25-18-6-4-11-24-16-18/h2-4,6-11,14,16,25H,5,12-13,15H2,1H3,(H,26,28). The Morgan fingerprint density at radius 3 is 2.71 bits per heavy atom. The molecule has 28 heavy (non-hydrogen) atoms. The highest BCUT2D eigenvalue weighted by Crippen LogP contribution is 2.28. The zero-order valence-corrected chi connectivity index (χ0v) is 16.0. The first-order valence-electron chi connectivity index (χ1n) is 9.59. The Balaban J connectivity index is 1.33. The van der Waals surface area contributed by atoms with Gasteiger partial charge in [-0.05, 0) is 42.3 Å². The van der Waals surface area contributed by atoms with Gasteiger partial charge in [0.25, 0.3) is 0 Å². The summed E-state index contributed by atoms with van der Waals surface area (Å²) in [5.74, 6) is 0.0564. The number of amides is 1. The summed E-state index contributed by atoms with van der Waals surface area (Å²) in [6.45, 7) is 1.45. The molecular weight excluding hydrogens is 348 g/mol. The number of pyridine rings is 1. The van der Waals surface area contributed by atoms with Gasteiger partial charge in [0.2, 0.25) is 5.91 Å². The van der Waals surface area contributed by atoms with Crippen molar-refractivity contribution < 1.29 is 4.79 Å². The van der Waals surface area contributed by atoms with Crippen LogP contribution in [0, 0.1) is 0 Å². The molecule has 0 saturated carbocycles. The first-order chi connectivity index (χ1) is 13.7. The Bertz CT molecular complexity index is 1100. The van der Waals surface area contributed by atoms with Crippen LogP contribution in [0.15, 0.2) is 67.0 Å². The molecule has 2 heterocycles. The molecule has 0 unspecified atom stereocenters. The van der Waals surface area contributed by atoms with E-state index in [9.17, 15) is 4.79 Å². The Labute approximate surface area is 164 Å². The largest absolute Gasteiger partial charge is 0.384 e. The minimum Gasteiger partial charge on any atom is -0.384 e. The fraction of sp³-hybridized carbons (Fsp3) is 0.217. The molecule has 5 heteroatoms. The number of hydrogen-bond acceptors (Lipinski definition) is 3. The summed E-state index contributed by atoms with van der Waals surface area (Å²) in [6.07, 6.45) is 4.81. The van der Waals surface area contributed by atoms with Gasteiger partial charge >= 0.3 is 0 Å². The summed E-state index contributed by atoms with van der Waals surface area (Å²) < 4.78 is 2.20. The van der Waals surface area contributed by atoms with Crippen LogP contribution in [0.25, 0.3) is 21.8 Å². The lowest BCUT2D eigenvalue weighted by atomic mass is 10.1. The maximum Gasteiger partial charge on any atom is 0.224 e. The average Bonchev–Trinajstić information content (AvgIpc) is 3.01. The van der Waals surface area contributed by atoms with Gasteiger partial charge in [0.1, 0.15) is 0 Å². The number of nitrogens with zero attached hydrogens (tertiary/aromatic N) is 2. The second kappa shape index (κ2) is 8.13. The normalized spacial score (nSPS) is 11.0. The molecule has 0 bridgehead atoms. The van der Waals surface area contributed by atoms with Crippen LogP contribution in [0.3, 0.4) is 0 Å². The van der Waals surface area contributed by atoms with Crippen LogP contribution in [0.5, 0.6) is 0 Å². The lowest BCUT2D eigenvalue weighted by molar-refractivity contribution is -0.120.